The van der Waals surface area contributed by atoms with Gasteiger partial charge in [-0.2, -0.15) is 0 Å². The van der Waals surface area contributed by atoms with Crippen molar-refractivity contribution in [1.29, 1.82) is 0 Å². The minimum atomic E-state index is -0.207. The molecule has 0 saturated heterocycles. The molecule has 0 spiro atoms. The molecule has 1 N–H and O–H groups in total. The van der Waals surface area contributed by atoms with Crippen LogP contribution in [0, 0.1) is 5.92 Å². The molecule has 1 atom stereocenters. The molecule has 0 saturated carbocycles. The molecule has 2 aromatic rings. The summed E-state index contributed by atoms with van der Waals surface area (Å²) in [6.07, 6.45) is 5.67. The Kier molecular flexibility index (Phi) is 2.59. The molecule has 3 heteroatoms. The van der Waals surface area contributed by atoms with Crippen LogP contribution in [-0.4, -0.2) is 16.6 Å². The smallest absolute Gasteiger partial charge is 0.159 e. The summed E-state index contributed by atoms with van der Waals surface area (Å²) in [7, 11) is 0. The van der Waals surface area contributed by atoms with Crippen LogP contribution in [0.5, 0.6) is 0 Å². The summed E-state index contributed by atoms with van der Waals surface area (Å²) in [5.74, 6) is -0.110. The van der Waals surface area contributed by atoms with E-state index >= 15 is 0 Å². The van der Waals surface area contributed by atoms with Crippen LogP contribution < -0.4 is 0 Å². The van der Waals surface area contributed by atoms with Crippen LogP contribution >= 0.6 is 0 Å². The summed E-state index contributed by atoms with van der Waals surface area (Å²) in [6.45, 7) is 0. The number of H-pyrrole nitrogens is 1. The number of nitrogens with one attached hydrogen (secondary N) is 1. The SMILES string of the molecule is O=C1C=CC(=O)C(Cc2c[nH]c3ccccc23)C1. The third-order valence-electron chi connectivity index (χ3n) is 3.42. The number of carbonyl (C=O) groups is 2. The largest absolute Gasteiger partial charge is 0.361 e. The highest BCUT2D eigenvalue weighted by Gasteiger charge is 2.24. The van der Waals surface area contributed by atoms with Crippen LogP contribution in [0.1, 0.15) is 12.0 Å². The lowest BCUT2D eigenvalue weighted by Crippen LogP contribution is -2.22. The molecule has 0 bridgehead atoms. The number of hydrogen-bond donors (Lipinski definition) is 1. The van der Waals surface area contributed by atoms with E-state index < -0.39 is 0 Å². The maximum Gasteiger partial charge on any atom is 0.159 e. The molecule has 1 heterocycles. The zero-order chi connectivity index (χ0) is 12.5. The molecule has 1 aliphatic carbocycles. The van der Waals surface area contributed by atoms with Gasteiger partial charge in [0.1, 0.15) is 0 Å². The molecular formula is C15H13NO2. The van der Waals surface area contributed by atoms with Gasteiger partial charge in [0, 0.05) is 29.4 Å². The van der Waals surface area contributed by atoms with Gasteiger partial charge in [0.25, 0.3) is 0 Å². The lowest BCUT2D eigenvalue weighted by atomic mass is 9.87. The molecule has 3 nitrogen and oxygen atoms in total. The summed E-state index contributed by atoms with van der Waals surface area (Å²) in [5, 5.41) is 1.13. The lowest BCUT2D eigenvalue weighted by Gasteiger charge is -2.15. The summed E-state index contributed by atoms with van der Waals surface area (Å²) < 4.78 is 0. The summed E-state index contributed by atoms with van der Waals surface area (Å²) >= 11 is 0. The number of aromatic nitrogens is 1. The molecule has 0 amide bonds. The van der Waals surface area contributed by atoms with Gasteiger partial charge in [0.2, 0.25) is 0 Å². The normalized spacial score (nSPS) is 19.7. The fraction of sp³-hybridized carbons (Fsp3) is 0.200. The first-order valence-electron chi connectivity index (χ1n) is 6.04. The van der Waals surface area contributed by atoms with E-state index in [9.17, 15) is 9.59 Å². The maximum absolute atomic E-state index is 11.8. The van der Waals surface area contributed by atoms with Crippen LogP contribution in [0.4, 0.5) is 0 Å². The molecule has 3 rings (SSSR count). The van der Waals surface area contributed by atoms with Gasteiger partial charge in [0.15, 0.2) is 11.6 Å². The Labute approximate surface area is 105 Å². The number of para-hydroxylation sites is 1. The number of fused-ring (bicyclic) bond motifs is 1. The Bertz CT molecular complexity index is 651. The maximum atomic E-state index is 11.8. The summed E-state index contributed by atoms with van der Waals surface area (Å²) in [6, 6.07) is 7.99. The molecule has 1 aromatic carbocycles. The minimum Gasteiger partial charge on any atom is -0.361 e. The minimum absolute atomic E-state index is 0.0411. The zero-order valence-electron chi connectivity index (χ0n) is 9.85. The van der Waals surface area contributed by atoms with E-state index in [0.29, 0.717) is 12.8 Å². The average molecular weight is 239 g/mol. The second-order valence-corrected chi connectivity index (χ2v) is 4.67. The highest BCUT2D eigenvalue weighted by Crippen LogP contribution is 2.24. The molecule has 0 radical (unpaired) electrons. The van der Waals surface area contributed by atoms with E-state index in [-0.39, 0.29) is 17.5 Å². The number of hydrogen-bond acceptors (Lipinski definition) is 2. The number of allylic oxidation sites excluding steroid dienone is 2. The van der Waals surface area contributed by atoms with Gasteiger partial charge in [0.05, 0.1) is 0 Å². The van der Waals surface area contributed by atoms with Crippen LogP contribution in [0.25, 0.3) is 10.9 Å². The predicted molar refractivity (Wildman–Crippen MR) is 69.3 cm³/mol. The van der Waals surface area contributed by atoms with Crippen molar-refractivity contribution in [2.75, 3.05) is 0 Å². The van der Waals surface area contributed by atoms with Crippen molar-refractivity contribution in [1.82, 2.24) is 4.98 Å². The van der Waals surface area contributed by atoms with E-state index in [1.165, 1.54) is 12.2 Å². The van der Waals surface area contributed by atoms with Crippen LogP contribution in [0.3, 0.4) is 0 Å². The van der Waals surface area contributed by atoms with E-state index in [0.717, 1.165) is 16.5 Å². The van der Waals surface area contributed by atoms with Crippen LogP contribution in [0.15, 0.2) is 42.6 Å². The van der Waals surface area contributed by atoms with Gasteiger partial charge in [-0.15, -0.1) is 0 Å². The van der Waals surface area contributed by atoms with Crippen molar-refractivity contribution in [3.63, 3.8) is 0 Å². The topological polar surface area (TPSA) is 49.9 Å². The fourth-order valence-electron chi connectivity index (χ4n) is 2.46. The molecule has 1 unspecified atom stereocenters. The Balaban J connectivity index is 1.91. The molecular weight excluding hydrogens is 226 g/mol. The second-order valence-electron chi connectivity index (χ2n) is 4.67. The third kappa shape index (κ3) is 1.88. The first-order chi connectivity index (χ1) is 8.74. The van der Waals surface area contributed by atoms with E-state index in [2.05, 4.69) is 4.98 Å². The number of rotatable bonds is 2. The van der Waals surface area contributed by atoms with E-state index in [1.807, 2.05) is 30.5 Å². The van der Waals surface area contributed by atoms with Gasteiger partial charge in [-0.3, -0.25) is 9.59 Å². The van der Waals surface area contributed by atoms with Crippen molar-refractivity contribution in [2.45, 2.75) is 12.8 Å². The highest BCUT2D eigenvalue weighted by molar-refractivity contribution is 6.06. The molecule has 1 aliphatic rings. The first-order valence-corrected chi connectivity index (χ1v) is 6.04. The number of ketones is 2. The Morgan fingerprint density at radius 1 is 1.17 bits per heavy atom. The van der Waals surface area contributed by atoms with Crippen molar-refractivity contribution in [2.24, 2.45) is 5.92 Å². The Morgan fingerprint density at radius 2 is 2.00 bits per heavy atom. The molecule has 18 heavy (non-hydrogen) atoms. The average Bonchev–Trinajstić information content (AvgIpc) is 2.78. The Morgan fingerprint density at radius 3 is 2.89 bits per heavy atom. The van der Waals surface area contributed by atoms with Crippen molar-refractivity contribution in [3.8, 4) is 0 Å². The van der Waals surface area contributed by atoms with Gasteiger partial charge >= 0.3 is 0 Å². The summed E-state index contributed by atoms with van der Waals surface area (Å²) in [4.78, 5) is 26.3. The predicted octanol–water partition coefficient (Wildman–Crippen LogP) is 2.42. The van der Waals surface area contributed by atoms with Gasteiger partial charge < -0.3 is 4.98 Å². The van der Waals surface area contributed by atoms with Gasteiger partial charge in [-0.1, -0.05) is 18.2 Å². The zero-order valence-corrected chi connectivity index (χ0v) is 9.85. The molecule has 0 fully saturated rings. The first kappa shape index (κ1) is 11.0. The number of carbonyl (C=O) groups excluding carboxylic acids is 2. The lowest BCUT2D eigenvalue weighted by molar-refractivity contribution is -0.124. The number of benzene rings is 1. The Hall–Kier alpha value is -2.16. The molecule has 90 valence electrons. The van der Waals surface area contributed by atoms with Crippen LogP contribution in [-0.2, 0) is 16.0 Å². The van der Waals surface area contributed by atoms with Crippen molar-refractivity contribution < 1.29 is 9.59 Å². The summed E-state index contributed by atoms with van der Waals surface area (Å²) in [5.41, 5.74) is 2.17. The van der Waals surface area contributed by atoms with Crippen molar-refractivity contribution >= 4 is 22.5 Å². The van der Waals surface area contributed by atoms with E-state index in [4.69, 9.17) is 0 Å². The molecule has 1 aromatic heterocycles. The van der Waals surface area contributed by atoms with Crippen LogP contribution in [0.2, 0.25) is 0 Å². The van der Waals surface area contributed by atoms with Crippen molar-refractivity contribution in [3.05, 3.63) is 48.2 Å². The monoisotopic (exact) mass is 239 g/mol. The quantitative estimate of drug-likeness (QED) is 0.875. The van der Waals surface area contributed by atoms with Gasteiger partial charge in [-0.25, -0.2) is 0 Å². The fourth-order valence-corrected chi connectivity index (χ4v) is 2.46. The molecule has 0 aliphatic heterocycles. The standard InChI is InChI=1S/C15H13NO2/c17-12-5-6-15(18)10(8-12)7-11-9-16-14-4-2-1-3-13(11)14/h1-6,9-10,16H,7-8H2. The highest BCUT2D eigenvalue weighted by atomic mass is 16.1. The van der Waals surface area contributed by atoms with Gasteiger partial charge in [-0.05, 0) is 30.2 Å². The third-order valence-corrected chi connectivity index (χ3v) is 3.42. The van der Waals surface area contributed by atoms with E-state index in [1.54, 1.807) is 0 Å². The number of aromatic amines is 1. The second kappa shape index (κ2) is 4.26.